The highest BCUT2D eigenvalue weighted by atomic mass is 35.5. The fraction of sp³-hybridized carbons (Fsp3) is 0.345. The SMILES string of the molecule is COC(=O)[C@H](CSC(=O)Cc1c(-c2ccc(Cl)cc2)c(-c2ccccc2)c2n1CC(C)(C)C2)NC(C)=O. The first-order valence-corrected chi connectivity index (χ1v) is 13.5. The van der Waals surface area contributed by atoms with Gasteiger partial charge in [-0.3, -0.25) is 9.59 Å². The Hall–Kier alpha value is -3.03. The van der Waals surface area contributed by atoms with E-state index in [1.165, 1.54) is 19.7 Å². The predicted octanol–water partition coefficient (Wildman–Crippen LogP) is 5.54. The first-order chi connectivity index (χ1) is 17.6. The number of ether oxygens (including phenoxy) is 1. The summed E-state index contributed by atoms with van der Waals surface area (Å²) in [5.41, 5.74) is 6.52. The van der Waals surface area contributed by atoms with Crippen LogP contribution in [0.15, 0.2) is 54.6 Å². The lowest BCUT2D eigenvalue weighted by molar-refractivity contribution is -0.144. The molecule has 0 saturated heterocycles. The van der Waals surface area contributed by atoms with Crippen molar-refractivity contribution in [3.8, 4) is 22.3 Å². The predicted molar refractivity (Wildman–Crippen MR) is 149 cm³/mol. The molecule has 8 heteroatoms. The molecule has 37 heavy (non-hydrogen) atoms. The number of benzene rings is 2. The summed E-state index contributed by atoms with van der Waals surface area (Å²) in [6.45, 7) is 6.62. The van der Waals surface area contributed by atoms with Crippen molar-refractivity contribution in [2.24, 2.45) is 5.41 Å². The largest absolute Gasteiger partial charge is 0.467 e. The zero-order valence-corrected chi connectivity index (χ0v) is 23.0. The molecular formula is C29H31ClN2O4S. The Bertz CT molecular complexity index is 1320. The number of nitrogens with zero attached hydrogens (tertiary/aromatic N) is 1. The number of halogens is 1. The Morgan fingerprint density at radius 3 is 2.32 bits per heavy atom. The minimum Gasteiger partial charge on any atom is -0.467 e. The van der Waals surface area contributed by atoms with Gasteiger partial charge in [0.05, 0.1) is 13.5 Å². The highest BCUT2D eigenvalue weighted by Crippen LogP contribution is 2.47. The van der Waals surface area contributed by atoms with Gasteiger partial charge in [0.15, 0.2) is 5.12 Å². The Labute approximate surface area is 226 Å². The van der Waals surface area contributed by atoms with E-state index >= 15 is 0 Å². The van der Waals surface area contributed by atoms with Crippen molar-refractivity contribution < 1.29 is 19.1 Å². The number of esters is 1. The van der Waals surface area contributed by atoms with Crippen LogP contribution in [0.3, 0.4) is 0 Å². The molecule has 1 amide bonds. The van der Waals surface area contributed by atoms with Crippen LogP contribution < -0.4 is 5.32 Å². The summed E-state index contributed by atoms with van der Waals surface area (Å²) in [4.78, 5) is 37.0. The molecule has 2 heterocycles. The van der Waals surface area contributed by atoms with Gasteiger partial charge in [0, 0.05) is 46.8 Å². The van der Waals surface area contributed by atoms with Crippen LogP contribution in [0, 0.1) is 5.41 Å². The Kier molecular flexibility index (Phi) is 8.14. The van der Waals surface area contributed by atoms with Crippen LogP contribution in [0.2, 0.25) is 5.02 Å². The molecule has 0 spiro atoms. The summed E-state index contributed by atoms with van der Waals surface area (Å²) in [7, 11) is 1.26. The standard InChI is InChI=1S/C29H31ClN2O4S/c1-18(33)31-22(28(35)36-4)16-37-25(34)14-23-26(20-10-12-21(30)13-11-20)27(19-8-6-5-7-9-19)24-15-29(2,3)17-32(23)24/h5-13,22H,14-17H2,1-4H3,(H,31,33)/t22-/m0/s1. The topological polar surface area (TPSA) is 77.4 Å². The number of fused-ring (bicyclic) bond motifs is 1. The number of carbonyl (C=O) groups is 3. The molecule has 4 rings (SSSR count). The summed E-state index contributed by atoms with van der Waals surface area (Å²) < 4.78 is 7.09. The summed E-state index contributed by atoms with van der Waals surface area (Å²) in [5.74, 6) is -0.826. The number of methoxy groups -OCH3 is 1. The molecule has 1 N–H and O–H groups in total. The van der Waals surface area contributed by atoms with Crippen molar-refractivity contribution in [1.29, 1.82) is 0 Å². The zero-order chi connectivity index (χ0) is 26.7. The second kappa shape index (κ2) is 11.2. The molecule has 0 unspecified atom stereocenters. The van der Waals surface area contributed by atoms with Crippen LogP contribution >= 0.6 is 23.4 Å². The Morgan fingerprint density at radius 1 is 1.05 bits per heavy atom. The molecule has 1 atom stereocenters. The molecule has 1 aliphatic rings. The van der Waals surface area contributed by atoms with Crippen LogP contribution in [-0.2, 0) is 38.5 Å². The van der Waals surface area contributed by atoms with Gasteiger partial charge in [0.25, 0.3) is 0 Å². The molecular weight excluding hydrogens is 508 g/mol. The molecule has 0 fully saturated rings. The van der Waals surface area contributed by atoms with Crippen molar-refractivity contribution in [3.63, 3.8) is 0 Å². The van der Waals surface area contributed by atoms with Gasteiger partial charge in [0.2, 0.25) is 5.91 Å². The maximum Gasteiger partial charge on any atom is 0.329 e. The van der Waals surface area contributed by atoms with Gasteiger partial charge in [-0.05, 0) is 35.1 Å². The second-order valence-corrected chi connectivity index (χ2v) is 11.6. The van der Waals surface area contributed by atoms with Crippen molar-refractivity contribution in [2.45, 2.75) is 46.2 Å². The molecule has 1 aliphatic heterocycles. The number of amides is 1. The third kappa shape index (κ3) is 6.11. The first-order valence-electron chi connectivity index (χ1n) is 12.2. The van der Waals surface area contributed by atoms with Crippen molar-refractivity contribution >= 4 is 40.4 Å². The summed E-state index contributed by atoms with van der Waals surface area (Å²) >= 11 is 7.24. The number of rotatable bonds is 8. The van der Waals surface area contributed by atoms with Gasteiger partial charge in [-0.15, -0.1) is 0 Å². The van der Waals surface area contributed by atoms with Gasteiger partial charge in [-0.1, -0.05) is 79.7 Å². The third-order valence-electron chi connectivity index (χ3n) is 6.49. The Balaban J connectivity index is 1.75. The quantitative estimate of drug-likeness (QED) is 0.381. The monoisotopic (exact) mass is 538 g/mol. The lowest BCUT2D eigenvalue weighted by atomic mass is 9.86. The van der Waals surface area contributed by atoms with E-state index in [0.717, 1.165) is 52.7 Å². The number of nitrogens with one attached hydrogen (secondary N) is 1. The molecule has 3 aromatic rings. The lowest BCUT2D eigenvalue weighted by Gasteiger charge is -2.19. The number of aromatic nitrogens is 1. The molecule has 1 aromatic heterocycles. The zero-order valence-electron chi connectivity index (χ0n) is 21.5. The summed E-state index contributed by atoms with van der Waals surface area (Å²) in [6.07, 6.45) is 1.08. The highest BCUT2D eigenvalue weighted by molar-refractivity contribution is 8.13. The van der Waals surface area contributed by atoms with Crippen molar-refractivity contribution in [1.82, 2.24) is 9.88 Å². The number of carbonyl (C=O) groups excluding carboxylic acids is 3. The lowest BCUT2D eigenvalue weighted by Crippen LogP contribution is -2.42. The summed E-state index contributed by atoms with van der Waals surface area (Å²) in [6, 6.07) is 17.1. The Morgan fingerprint density at radius 2 is 1.70 bits per heavy atom. The average Bonchev–Trinajstić information content (AvgIpc) is 3.32. The molecule has 0 bridgehead atoms. The summed E-state index contributed by atoms with van der Waals surface area (Å²) in [5, 5.41) is 3.13. The molecule has 0 saturated carbocycles. The first kappa shape index (κ1) is 27.0. The smallest absolute Gasteiger partial charge is 0.329 e. The van der Waals surface area contributed by atoms with E-state index in [-0.39, 0.29) is 28.6 Å². The van der Waals surface area contributed by atoms with Gasteiger partial charge < -0.3 is 14.6 Å². The normalized spacial score (nSPS) is 14.6. The molecule has 6 nitrogen and oxygen atoms in total. The maximum atomic E-state index is 13.3. The molecule has 0 aliphatic carbocycles. The number of thioether (sulfide) groups is 1. The second-order valence-electron chi connectivity index (χ2n) is 10.1. The fourth-order valence-electron chi connectivity index (χ4n) is 4.98. The highest BCUT2D eigenvalue weighted by Gasteiger charge is 2.36. The van der Waals surface area contributed by atoms with Gasteiger partial charge in [-0.25, -0.2) is 4.79 Å². The number of hydrogen-bond acceptors (Lipinski definition) is 5. The van der Waals surface area contributed by atoms with Crippen LogP contribution in [0.4, 0.5) is 0 Å². The van der Waals surface area contributed by atoms with E-state index in [0.29, 0.717) is 5.02 Å². The van der Waals surface area contributed by atoms with E-state index < -0.39 is 12.0 Å². The van der Waals surface area contributed by atoms with E-state index in [2.05, 4.69) is 35.9 Å². The van der Waals surface area contributed by atoms with Gasteiger partial charge >= 0.3 is 5.97 Å². The van der Waals surface area contributed by atoms with E-state index in [1.807, 2.05) is 42.5 Å². The molecule has 0 radical (unpaired) electrons. The number of hydrogen-bond donors (Lipinski definition) is 1. The van der Waals surface area contributed by atoms with E-state index in [9.17, 15) is 14.4 Å². The van der Waals surface area contributed by atoms with Crippen molar-refractivity contribution in [3.05, 3.63) is 71.0 Å². The maximum absolute atomic E-state index is 13.3. The van der Waals surface area contributed by atoms with Crippen molar-refractivity contribution in [2.75, 3.05) is 12.9 Å². The van der Waals surface area contributed by atoms with Crippen LogP contribution in [-0.4, -0.2) is 40.5 Å². The van der Waals surface area contributed by atoms with Crippen LogP contribution in [0.5, 0.6) is 0 Å². The minimum absolute atomic E-state index is 0.0592. The molecule has 194 valence electrons. The molecule has 2 aromatic carbocycles. The van der Waals surface area contributed by atoms with E-state index in [1.54, 1.807) is 0 Å². The van der Waals surface area contributed by atoms with Gasteiger partial charge in [0.1, 0.15) is 6.04 Å². The van der Waals surface area contributed by atoms with E-state index in [4.69, 9.17) is 16.3 Å². The minimum atomic E-state index is -0.885. The van der Waals surface area contributed by atoms with Crippen LogP contribution in [0.25, 0.3) is 22.3 Å². The van der Waals surface area contributed by atoms with Crippen LogP contribution in [0.1, 0.15) is 32.2 Å². The average molecular weight is 539 g/mol. The van der Waals surface area contributed by atoms with Gasteiger partial charge in [-0.2, -0.15) is 0 Å². The fourth-order valence-corrected chi connectivity index (χ4v) is 5.92. The third-order valence-corrected chi connectivity index (χ3v) is 7.71.